The molecule has 1 aliphatic rings. The Bertz CT molecular complexity index is 356. The molecule has 0 unspecified atom stereocenters. The molecule has 94 valence electrons. The number of benzene rings is 1. The molecule has 0 heterocycles. The minimum atomic E-state index is -0.662. The van der Waals surface area contributed by atoms with E-state index in [9.17, 15) is 5.11 Å². The fraction of sp³-hybridized carbons (Fsp3) is 0.571. The van der Waals surface area contributed by atoms with Crippen molar-refractivity contribution in [2.24, 2.45) is 0 Å². The molecule has 1 aliphatic carbocycles. The van der Waals surface area contributed by atoms with E-state index < -0.39 is 5.60 Å². The van der Waals surface area contributed by atoms with Crippen molar-refractivity contribution in [3.63, 3.8) is 0 Å². The van der Waals surface area contributed by atoms with Gasteiger partial charge in [-0.2, -0.15) is 0 Å². The Kier molecular flexibility index (Phi) is 4.02. The SMILES string of the molecule is COCOc1cccc(C2(O)CCCCC2)c1. The van der Waals surface area contributed by atoms with Gasteiger partial charge in [0.2, 0.25) is 0 Å². The number of rotatable bonds is 4. The van der Waals surface area contributed by atoms with Crippen LogP contribution in [-0.2, 0) is 10.3 Å². The summed E-state index contributed by atoms with van der Waals surface area (Å²) < 4.78 is 10.3. The van der Waals surface area contributed by atoms with Crippen molar-refractivity contribution in [2.45, 2.75) is 37.7 Å². The Balaban J connectivity index is 2.14. The molecule has 3 heteroatoms. The summed E-state index contributed by atoms with van der Waals surface area (Å²) in [4.78, 5) is 0. The van der Waals surface area contributed by atoms with Crippen molar-refractivity contribution in [3.05, 3.63) is 29.8 Å². The van der Waals surface area contributed by atoms with Crippen molar-refractivity contribution >= 4 is 0 Å². The summed E-state index contributed by atoms with van der Waals surface area (Å²) in [6.07, 6.45) is 5.11. The number of methoxy groups -OCH3 is 1. The van der Waals surface area contributed by atoms with Gasteiger partial charge < -0.3 is 14.6 Å². The molecule has 1 saturated carbocycles. The average molecular weight is 236 g/mol. The maximum atomic E-state index is 10.6. The third-order valence-electron chi connectivity index (χ3n) is 3.40. The molecule has 2 rings (SSSR count). The quantitative estimate of drug-likeness (QED) is 0.817. The maximum Gasteiger partial charge on any atom is 0.188 e. The molecule has 0 aromatic heterocycles. The van der Waals surface area contributed by atoms with Crippen LogP contribution >= 0.6 is 0 Å². The lowest BCUT2D eigenvalue weighted by Crippen LogP contribution is -2.28. The highest BCUT2D eigenvalue weighted by molar-refractivity contribution is 5.32. The van der Waals surface area contributed by atoms with Crippen molar-refractivity contribution < 1.29 is 14.6 Å². The largest absolute Gasteiger partial charge is 0.468 e. The van der Waals surface area contributed by atoms with Crippen molar-refractivity contribution in [2.75, 3.05) is 13.9 Å². The Hall–Kier alpha value is -1.06. The van der Waals surface area contributed by atoms with Gasteiger partial charge >= 0.3 is 0 Å². The minimum absolute atomic E-state index is 0.238. The van der Waals surface area contributed by atoms with Crippen molar-refractivity contribution in [1.82, 2.24) is 0 Å². The fourth-order valence-corrected chi connectivity index (χ4v) is 2.43. The first-order valence-electron chi connectivity index (χ1n) is 6.19. The summed E-state index contributed by atoms with van der Waals surface area (Å²) in [5, 5.41) is 10.6. The standard InChI is InChI=1S/C14H20O3/c1-16-11-17-13-7-5-6-12(10-13)14(15)8-3-2-4-9-14/h5-7,10,15H,2-4,8-9,11H2,1H3. The van der Waals surface area contributed by atoms with Gasteiger partial charge in [0.25, 0.3) is 0 Å². The van der Waals surface area contributed by atoms with Gasteiger partial charge in [-0.3, -0.25) is 0 Å². The van der Waals surface area contributed by atoms with E-state index in [4.69, 9.17) is 9.47 Å². The summed E-state index contributed by atoms with van der Waals surface area (Å²) in [5.74, 6) is 0.753. The van der Waals surface area contributed by atoms with E-state index in [-0.39, 0.29) is 6.79 Å². The van der Waals surface area contributed by atoms with E-state index >= 15 is 0 Å². The van der Waals surface area contributed by atoms with E-state index in [1.807, 2.05) is 24.3 Å². The van der Waals surface area contributed by atoms with E-state index in [1.165, 1.54) is 6.42 Å². The second-order valence-corrected chi connectivity index (χ2v) is 4.67. The molecule has 17 heavy (non-hydrogen) atoms. The second kappa shape index (κ2) is 5.52. The molecule has 1 aromatic carbocycles. The number of aliphatic hydroxyl groups is 1. The van der Waals surface area contributed by atoms with Gasteiger partial charge in [-0.15, -0.1) is 0 Å². The van der Waals surface area contributed by atoms with Gasteiger partial charge in [-0.25, -0.2) is 0 Å². The summed E-state index contributed by atoms with van der Waals surface area (Å²) >= 11 is 0. The van der Waals surface area contributed by atoms with Crippen LogP contribution in [0.3, 0.4) is 0 Å². The summed E-state index contributed by atoms with van der Waals surface area (Å²) in [6.45, 7) is 0.238. The third-order valence-corrected chi connectivity index (χ3v) is 3.40. The van der Waals surface area contributed by atoms with Crippen LogP contribution in [0.25, 0.3) is 0 Å². The van der Waals surface area contributed by atoms with Gasteiger partial charge in [0.05, 0.1) is 5.60 Å². The first-order chi connectivity index (χ1) is 8.24. The van der Waals surface area contributed by atoms with Gasteiger partial charge in [0, 0.05) is 7.11 Å². The highest BCUT2D eigenvalue weighted by Gasteiger charge is 2.31. The van der Waals surface area contributed by atoms with Gasteiger partial charge in [-0.05, 0) is 30.5 Å². The van der Waals surface area contributed by atoms with Crippen LogP contribution in [-0.4, -0.2) is 19.0 Å². The van der Waals surface area contributed by atoms with Crippen LogP contribution in [0.5, 0.6) is 5.75 Å². The van der Waals surface area contributed by atoms with E-state index in [0.29, 0.717) is 0 Å². The molecule has 1 N–H and O–H groups in total. The highest BCUT2D eigenvalue weighted by Crippen LogP contribution is 2.37. The molecule has 0 bridgehead atoms. The monoisotopic (exact) mass is 236 g/mol. The zero-order chi connectivity index (χ0) is 12.1. The summed E-state index contributed by atoms with van der Waals surface area (Å²) in [6, 6.07) is 7.71. The van der Waals surface area contributed by atoms with E-state index in [2.05, 4.69) is 0 Å². The molecular formula is C14H20O3. The van der Waals surface area contributed by atoms with Crippen LogP contribution in [0, 0.1) is 0 Å². The lowest BCUT2D eigenvalue weighted by molar-refractivity contribution is -0.00132. The molecule has 3 nitrogen and oxygen atoms in total. The molecule has 0 atom stereocenters. The molecule has 0 amide bonds. The third kappa shape index (κ3) is 2.99. The first kappa shape index (κ1) is 12.4. The Labute approximate surface area is 102 Å². The van der Waals surface area contributed by atoms with Crippen molar-refractivity contribution in [3.8, 4) is 5.75 Å². The maximum absolute atomic E-state index is 10.6. The highest BCUT2D eigenvalue weighted by atomic mass is 16.7. The molecule has 0 aliphatic heterocycles. The predicted molar refractivity (Wildman–Crippen MR) is 65.9 cm³/mol. The second-order valence-electron chi connectivity index (χ2n) is 4.67. The zero-order valence-electron chi connectivity index (χ0n) is 10.3. The molecule has 0 saturated heterocycles. The van der Waals surface area contributed by atoms with Crippen LogP contribution in [0.4, 0.5) is 0 Å². The topological polar surface area (TPSA) is 38.7 Å². The minimum Gasteiger partial charge on any atom is -0.468 e. The summed E-state index contributed by atoms with van der Waals surface area (Å²) in [7, 11) is 1.60. The Morgan fingerprint density at radius 2 is 2.00 bits per heavy atom. The first-order valence-corrected chi connectivity index (χ1v) is 6.19. The van der Waals surface area contributed by atoms with Crippen LogP contribution in [0.15, 0.2) is 24.3 Å². The lowest BCUT2D eigenvalue weighted by atomic mass is 9.80. The normalized spacial score (nSPS) is 18.9. The fourth-order valence-electron chi connectivity index (χ4n) is 2.43. The average Bonchev–Trinajstić information content (AvgIpc) is 2.38. The van der Waals surface area contributed by atoms with Crippen molar-refractivity contribution in [1.29, 1.82) is 0 Å². The van der Waals surface area contributed by atoms with Crippen LogP contribution in [0.1, 0.15) is 37.7 Å². The van der Waals surface area contributed by atoms with E-state index in [1.54, 1.807) is 7.11 Å². The molecule has 1 fully saturated rings. The Morgan fingerprint density at radius 1 is 1.24 bits per heavy atom. The van der Waals surface area contributed by atoms with Gasteiger partial charge in [-0.1, -0.05) is 31.4 Å². The summed E-state index contributed by atoms with van der Waals surface area (Å²) in [5.41, 5.74) is 0.302. The van der Waals surface area contributed by atoms with Gasteiger partial charge in [0.1, 0.15) is 5.75 Å². The smallest absolute Gasteiger partial charge is 0.188 e. The van der Waals surface area contributed by atoms with Gasteiger partial charge in [0.15, 0.2) is 6.79 Å². The number of hydrogen-bond acceptors (Lipinski definition) is 3. The molecular weight excluding hydrogens is 216 g/mol. The zero-order valence-corrected chi connectivity index (χ0v) is 10.3. The number of ether oxygens (including phenoxy) is 2. The van der Waals surface area contributed by atoms with Crippen LogP contribution in [0.2, 0.25) is 0 Å². The lowest BCUT2D eigenvalue weighted by Gasteiger charge is -2.32. The van der Waals surface area contributed by atoms with E-state index in [0.717, 1.165) is 37.0 Å². The predicted octanol–water partition coefficient (Wildman–Crippen LogP) is 2.82. The van der Waals surface area contributed by atoms with Crippen LogP contribution < -0.4 is 4.74 Å². The molecule has 0 spiro atoms. The molecule has 0 radical (unpaired) electrons. The number of hydrogen-bond donors (Lipinski definition) is 1. The Morgan fingerprint density at radius 3 is 2.71 bits per heavy atom. The molecule has 1 aromatic rings.